The van der Waals surface area contributed by atoms with Crippen LogP contribution in [-0.2, 0) is 10.0 Å². The molecule has 162 valence electrons. The number of halogens is 1. The zero-order chi connectivity index (χ0) is 22.6. The maximum atomic E-state index is 12.9. The number of nitrogens with one attached hydrogen (secondary N) is 2. The summed E-state index contributed by atoms with van der Waals surface area (Å²) in [5, 5.41) is 2.70. The van der Waals surface area contributed by atoms with E-state index in [1.807, 2.05) is 6.92 Å². The van der Waals surface area contributed by atoms with Gasteiger partial charge < -0.3 is 14.8 Å². The van der Waals surface area contributed by atoms with Crippen LogP contribution in [0.1, 0.15) is 15.9 Å². The van der Waals surface area contributed by atoms with Crippen LogP contribution >= 0.6 is 11.6 Å². The Morgan fingerprint density at radius 1 is 0.935 bits per heavy atom. The Bertz CT molecular complexity index is 1210. The monoisotopic (exact) mass is 460 g/mol. The average Bonchev–Trinajstić information content (AvgIpc) is 2.75. The van der Waals surface area contributed by atoms with Gasteiger partial charge in [0.2, 0.25) is 0 Å². The Morgan fingerprint density at radius 2 is 1.65 bits per heavy atom. The largest absolute Gasteiger partial charge is 0.497 e. The number of benzene rings is 3. The fraction of sp³-hybridized carbons (Fsp3) is 0.136. The summed E-state index contributed by atoms with van der Waals surface area (Å²) in [4.78, 5) is 12.6. The van der Waals surface area contributed by atoms with E-state index in [9.17, 15) is 13.2 Å². The Morgan fingerprint density at radius 3 is 2.29 bits per heavy atom. The van der Waals surface area contributed by atoms with E-state index in [1.165, 1.54) is 32.4 Å². The zero-order valence-corrected chi connectivity index (χ0v) is 18.7. The molecule has 0 unspecified atom stereocenters. The molecule has 9 heteroatoms. The van der Waals surface area contributed by atoms with E-state index in [0.29, 0.717) is 22.9 Å². The molecule has 0 fully saturated rings. The molecule has 0 saturated carbocycles. The first kappa shape index (κ1) is 22.5. The van der Waals surface area contributed by atoms with Crippen LogP contribution in [0, 0.1) is 6.92 Å². The molecular weight excluding hydrogens is 440 g/mol. The summed E-state index contributed by atoms with van der Waals surface area (Å²) in [5.41, 5.74) is 1.87. The summed E-state index contributed by atoms with van der Waals surface area (Å²) in [7, 11) is -1.04. The topological polar surface area (TPSA) is 93.7 Å². The molecule has 0 aromatic heterocycles. The van der Waals surface area contributed by atoms with E-state index in [-0.39, 0.29) is 15.5 Å². The van der Waals surface area contributed by atoms with Crippen molar-refractivity contribution in [2.24, 2.45) is 0 Å². The SMILES string of the molecule is COc1ccc(OC)c(NC(=O)c2ccc(Cl)c(S(=O)(=O)Nc3ccc(C)cc3)c2)c1. The van der Waals surface area contributed by atoms with Crippen LogP contribution in [0.15, 0.2) is 65.6 Å². The molecule has 0 aliphatic carbocycles. The van der Waals surface area contributed by atoms with Crippen LogP contribution in [0.25, 0.3) is 0 Å². The minimum absolute atomic E-state index is 0.00452. The quantitative estimate of drug-likeness (QED) is 0.532. The lowest BCUT2D eigenvalue weighted by atomic mass is 10.2. The van der Waals surface area contributed by atoms with E-state index in [4.69, 9.17) is 21.1 Å². The molecular formula is C22H21ClN2O5S. The van der Waals surface area contributed by atoms with Crippen molar-refractivity contribution < 1.29 is 22.7 Å². The molecule has 0 aliphatic heterocycles. The molecule has 0 aliphatic rings. The molecule has 0 radical (unpaired) electrons. The summed E-state index contributed by atoms with van der Waals surface area (Å²) in [6, 6.07) is 15.8. The lowest BCUT2D eigenvalue weighted by Crippen LogP contribution is -2.16. The van der Waals surface area contributed by atoms with Gasteiger partial charge >= 0.3 is 0 Å². The minimum atomic E-state index is -4.02. The molecule has 3 aromatic rings. The molecule has 0 saturated heterocycles. The summed E-state index contributed by atoms with van der Waals surface area (Å²) in [6.07, 6.45) is 0. The van der Waals surface area contributed by atoms with Crippen LogP contribution < -0.4 is 19.5 Å². The third-order valence-corrected chi connectivity index (χ3v) is 6.30. The number of aryl methyl sites for hydroxylation is 1. The Kier molecular flexibility index (Phi) is 6.72. The van der Waals surface area contributed by atoms with Crippen LogP contribution in [-0.4, -0.2) is 28.5 Å². The first-order valence-corrected chi connectivity index (χ1v) is 11.0. The summed E-state index contributed by atoms with van der Waals surface area (Å²) in [6.45, 7) is 1.90. The second-order valence-corrected chi connectivity index (χ2v) is 8.70. The maximum absolute atomic E-state index is 12.9. The molecule has 0 bridgehead atoms. The van der Waals surface area contributed by atoms with Crippen molar-refractivity contribution in [2.45, 2.75) is 11.8 Å². The molecule has 0 atom stereocenters. The van der Waals surface area contributed by atoms with Crippen molar-refractivity contribution in [3.8, 4) is 11.5 Å². The van der Waals surface area contributed by atoms with E-state index in [1.54, 1.807) is 42.5 Å². The number of amides is 1. The van der Waals surface area contributed by atoms with Gasteiger partial charge in [0.05, 0.1) is 24.9 Å². The first-order chi connectivity index (χ1) is 14.7. The van der Waals surface area contributed by atoms with Gasteiger partial charge in [-0.2, -0.15) is 0 Å². The second kappa shape index (κ2) is 9.28. The number of hydrogen-bond acceptors (Lipinski definition) is 5. The number of carbonyl (C=O) groups is 1. The predicted octanol–water partition coefficient (Wildman–Crippen LogP) is 4.72. The lowest BCUT2D eigenvalue weighted by molar-refractivity contribution is 0.102. The van der Waals surface area contributed by atoms with Crippen LogP contribution in [0.5, 0.6) is 11.5 Å². The Balaban J connectivity index is 1.90. The van der Waals surface area contributed by atoms with Gasteiger partial charge in [-0.15, -0.1) is 0 Å². The molecule has 3 aromatic carbocycles. The van der Waals surface area contributed by atoms with E-state index in [0.717, 1.165) is 5.56 Å². The average molecular weight is 461 g/mol. The molecule has 7 nitrogen and oxygen atoms in total. The minimum Gasteiger partial charge on any atom is -0.497 e. The predicted molar refractivity (Wildman–Crippen MR) is 121 cm³/mol. The Labute approximate surface area is 186 Å². The van der Waals surface area contributed by atoms with Crippen molar-refractivity contribution in [1.29, 1.82) is 0 Å². The van der Waals surface area contributed by atoms with E-state index < -0.39 is 15.9 Å². The lowest BCUT2D eigenvalue weighted by Gasteiger charge is -2.13. The molecule has 1 amide bonds. The fourth-order valence-electron chi connectivity index (χ4n) is 2.79. The van der Waals surface area contributed by atoms with Crippen molar-refractivity contribution in [3.63, 3.8) is 0 Å². The fourth-order valence-corrected chi connectivity index (χ4v) is 4.37. The van der Waals surface area contributed by atoms with E-state index in [2.05, 4.69) is 10.0 Å². The highest BCUT2D eigenvalue weighted by molar-refractivity contribution is 7.92. The summed E-state index contributed by atoms with van der Waals surface area (Å²) < 4.78 is 38.6. The number of sulfonamides is 1. The Hall–Kier alpha value is -3.23. The third kappa shape index (κ3) is 5.28. The number of rotatable bonds is 7. The van der Waals surface area contributed by atoms with Crippen molar-refractivity contribution in [3.05, 3.63) is 76.8 Å². The second-order valence-electron chi connectivity index (χ2n) is 6.64. The van der Waals surface area contributed by atoms with Gasteiger partial charge in [0.1, 0.15) is 16.4 Å². The van der Waals surface area contributed by atoms with Gasteiger partial charge in [-0.05, 0) is 49.4 Å². The number of carbonyl (C=O) groups excluding carboxylic acids is 1. The molecule has 0 spiro atoms. The maximum Gasteiger partial charge on any atom is 0.263 e. The van der Waals surface area contributed by atoms with Crippen LogP contribution in [0.4, 0.5) is 11.4 Å². The smallest absolute Gasteiger partial charge is 0.263 e. The van der Waals surface area contributed by atoms with Gasteiger partial charge in [-0.1, -0.05) is 29.3 Å². The zero-order valence-electron chi connectivity index (χ0n) is 17.1. The number of hydrogen-bond donors (Lipinski definition) is 2. The van der Waals surface area contributed by atoms with Crippen LogP contribution in [0.2, 0.25) is 5.02 Å². The number of methoxy groups -OCH3 is 2. The molecule has 0 heterocycles. The first-order valence-electron chi connectivity index (χ1n) is 9.16. The highest BCUT2D eigenvalue weighted by Crippen LogP contribution is 2.30. The van der Waals surface area contributed by atoms with Gasteiger partial charge in [-0.25, -0.2) is 8.42 Å². The normalized spacial score (nSPS) is 11.0. The standard InChI is InChI=1S/C22H21ClN2O5S/c1-14-4-7-16(8-5-14)25-31(27,28)21-12-15(6-10-18(21)23)22(26)24-19-13-17(29-2)9-11-20(19)30-3/h4-13,25H,1-3H3,(H,24,26). The highest BCUT2D eigenvalue weighted by Gasteiger charge is 2.21. The van der Waals surface area contributed by atoms with Crippen molar-refractivity contribution >= 4 is 38.9 Å². The van der Waals surface area contributed by atoms with Gasteiger partial charge in [0, 0.05) is 17.3 Å². The van der Waals surface area contributed by atoms with Crippen LogP contribution in [0.3, 0.4) is 0 Å². The van der Waals surface area contributed by atoms with Crippen molar-refractivity contribution in [1.82, 2.24) is 0 Å². The van der Waals surface area contributed by atoms with Gasteiger partial charge in [0.15, 0.2) is 0 Å². The van der Waals surface area contributed by atoms with Crippen molar-refractivity contribution in [2.75, 3.05) is 24.3 Å². The molecule has 2 N–H and O–H groups in total. The summed E-state index contributed by atoms with van der Waals surface area (Å²) >= 11 is 6.14. The number of anilines is 2. The van der Waals surface area contributed by atoms with Gasteiger partial charge in [0.25, 0.3) is 15.9 Å². The number of ether oxygens (including phenoxy) is 2. The molecule has 3 rings (SSSR count). The third-order valence-electron chi connectivity index (χ3n) is 4.44. The van der Waals surface area contributed by atoms with E-state index >= 15 is 0 Å². The highest BCUT2D eigenvalue weighted by atomic mass is 35.5. The summed E-state index contributed by atoms with van der Waals surface area (Å²) in [5.74, 6) is 0.421. The van der Waals surface area contributed by atoms with Gasteiger partial charge in [-0.3, -0.25) is 9.52 Å². The molecule has 31 heavy (non-hydrogen) atoms.